The predicted octanol–water partition coefficient (Wildman–Crippen LogP) is 2.42. The summed E-state index contributed by atoms with van der Waals surface area (Å²) in [6, 6.07) is 3.91. The van der Waals surface area contributed by atoms with Crippen LogP contribution < -0.4 is 5.73 Å². The summed E-state index contributed by atoms with van der Waals surface area (Å²) in [5, 5.41) is 0.774. The van der Waals surface area contributed by atoms with Crippen LogP contribution in [0.2, 0.25) is 5.02 Å². The highest BCUT2D eigenvalue weighted by Gasteiger charge is 2.03. The number of hydrogen-bond donors (Lipinski definition) is 1. The van der Waals surface area contributed by atoms with Crippen LogP contribution in [-0.2, 0) is 6.54 Å². The van der Waals surface area contributed by atoms with Gasteiger partial charge in [-0.15, -0.1) is 0 Å². The summed E-state index contributed by atoms with van der Waals surface area (Å²) in [6.07, 6.45) is 0. The number of halogens is 1. The lowest BCUT2D eigenvalue weighted by Crippen LogP contribution is -2.01. The molecule has 0 amide bonds. The smallest absolute Gasteiger partial charge is 0.0453 e. The highest BCUT2D eigenvalue weighted by molar-refractivity contribution is 6.31. The maximum atomic E-state index is 5.92. The Morgan fingerprint density at radius 2 is 2.00 bits per heavy atom. The summed E-state index contributed by atoms with van der Waals surface area (Å²) in [4.78, 5) is 0. The first-order chi connectivity index (χ1) is 5.16. The van der Waals surface area contributed by atoms with Crippen LogP contribution >= 0.6 is 11.6 Å². The largest absolute Gasteiger partial charge is 0.326 e. The average molecular weight is 170 g/mol. The van der Waals surface area contributed by atoms with Gasteiger partial charge >= 0.3 is 0 Å². The second kappa shape index (κ2) is 3.24. The fourth-order valence-corrected chi connectivity index (χ4v) is 1.37. The molecule has 11 heavy (non-hydrogen) atoms. The van der Waals surface area contributed by atoms with Crippen LogP contribution in [0.4, 0.5) is 0 Å². The van der Waals surface area contributed by atoms with Crippen molar-refractivity contribution in [1.82, 2.24) is 0 Å². The molecule has 0 atom stereocenters. The van der Waals surface area contributed by atoms with E-state index in [2.05, 4.69) is 6.92 Å². The zero-order valence-corrected chi connectivity index (χ0v) is 7.57. The summed E-state index contributed by atoms with van der Waals surface area (Å²) >= 11 is 5.92. The van der Waals surface area contributed by atoms with Gasteiger partial charge in [-0.25, -0.2) is 0 Å². The first-order valence-corrected chi connectivity index (χ1v) is 3.99. The minimum Gasteiger partial charge on any atom is -0.326 e. The van der Waals surface area contributed by atoms with Crippen LogP contribution in [0, 0.1) is 13.8 Å². The third-order valence-electron chi connectivity index (χ3n) is 2.02. The second-order valence-electron chi connectivity index (χ2n) is 2.67. The molecule has 0 unspecified atom stereocenters. The van der Waals surface area contributed by atoms with Crippen molar-refractivity contribution in [1.29, 1.82) is 0 Å². The number of nitrogens with two attached hydrogens (primary N) is 1. The molecule has 0 aliphatic carbocycles. The third kappa shape index (κ3) is 1.55. The molecule has 0 heterocycles. The number of hydrogen-bond acceptors (Lipinski definition) is 1. The van der Waals surface area contributed by atoms with Crippen molar-refractivity contribution in [3.63, 3.8) is 0 Å². The quantitative estimate of drug-likeness (QED) is 0.687. The van der Waals surface area contributed by atoms with Crippen LogP contribution in [0.15, 0.2) is 12.1 Å². The van der Waals surface area contributed by atoms with Gasteiger partial charge in [-0.1, -0.05) is 17.7 Å². The monoisotopic (exact) mass is 169 g/mol. The van der Waals surface area contributed by atoms with E-state index in [0.29, 0.717) is 6.54 Å². The number of rotatable bonds is 1. The van der Waals surface area contributed by atoms with E-state index >= 15 is 0 Å². The Balaban J connectivity index is 3.29. The first kappa shape index (κ1) is 8.57. The van der Waals surface area contributed by atoms with Crippen LogP contribution in [0.25, 0.3) is 0 Å². The molecule has 2 heteroatoms. The molecule has 0 aliphatic heterocycles. The van der Waals surface area contributed by atoms with E-state index in [9.17, 15) is 0 Å². The molecule has 0 bridgehead atoms. The zero-order chi connectivity index (χ0) is 8.43. The Labute approximate surface area is 72.2 Å². The molecule has 0 aromatic heterocycles. The van der Waals surface area contributed by atoms with Crippen molar-refractivity contribution in [2.75, 3.05) is 0 Å². The molecule has 0 spiro atoms. The summed E-state index contributed by atoms with van der Waals surface area (Å²) < 4.78 is 0. The van der Waals surface area contributed by atoms with Crippen molar-refractivity contribution < 1.29 is 0 Å². The Kier molecular flexibility index (Phi) is 2.53. The molecule has 2 N–H and O–H groups in total. The van der Waals surface area contributed by atoms with Gasteiger partial charge in [0.15, 0.2) is 0 Å². The topological polar surface area (TPSA) is 26.0 Å². The molecule has 1 aromatic rings. The van der Waals surface area contributed by atoms with Gasteiger partial charge in [-0.2, -0.15) is 0 Å². The second-order valence-corrected chi connectivity index (χ2v) is 3.08. The summed E-state index contributed by atoms with van der Waals surface area (Å²) in [5.41, 5.74) is 9.05. The van der Waals surface area contributed by atoms with Crippen molar-refractivity contribution >= 4 is 11.6 Å². The van der Waals surface area contributed by atoms with Crippen molar-refractivity contribution in [3.05, 3.63) is 33.8 Å². The Hall–Kier alpha value is -0.530. The van der Waals surface area contributed by atoms with Gasteiger partial charge in [-0.3, -0.25) is 0 Å². The standard InChI is InChI=1S/C9H12ClN/c1-6-3-4-9(10)8(5-11)7(6)2/h3-4H,5,11H2,1-2H3. The molecule has 0 radical (unpaired) electrons. The summed E-state index contributed by atoms with van der Waals surface area (Å²) in [7, 11) is 0. The Morgan fingerprint density at radius 1 is 1.36 bits per heavy atom. The normalized spacial score (nSPS) is 10.2. The molecular weight excluding hydrogens is 158 g/mol. The summed E-state index contributed by atoms with van der Waals surface area (Å²) in [6.45, 7) is 4.63. The molecule has 0 saturated heterocycles. The van der Waals surface area contributed by atoms with E-state index in [-0.39, 0.29) is 0 Å². The van der Waals surface area contributed by atoms with Gasteiger partial charge in [-0.05, 0) is 36.6 Å². The van der Waals surface area contributed by atoms with E-state index in [4.69, 9.17) is 17.3 Å². The van der Waals surface area contributed by atoms with E-state index < -0.39 is 0 Å². The van der Waals surface area contributed by atoms with Gasteiger partial charge in [0.2, 0.25) is 0 Å². The van der Waals surface area contributed by atoms with E-state index in [1.165, 1.54) is 11.1 Å². The van der Waals surface area contributed by atoms with Gasteiger partial charge < -0.3 is 5.73 Å². The van der Waals surface area contributed by atoms with Crippen LogP contribution in [-0.4, -0.2) is 0 Å². The Morgan fingerprint density at radius 3 is 2.45 bits per heavy atom. The molecule has 60 valence electrons. The van der Waals surface area contributed by atoms with E-state index in [1.54, 1.807) is 0 Å². The lowest BCUT2D eigenvalue weighted by molar-refractivity contribution is 1.04. The van der Waals surface area contributed by atoms with E-state index in [0.717, 1.165) is 10.6 Å². The van der Waals surface area contributed by atoms with Gasteiger partial charge in [0.1, 0.15) is 0 Å². The predicted molar refractivity (Wildman–Crippen MR) is 48.8 cm³/mol. The highest BCUT2D eigenvalue weighted by Crippen LogP contribution is 2.21. The van der Waals surface area contributed by atoms with Crippen LogP contribution in [0.3, 0.4) is 0 Å². The minimum absolute atomic E-state index is 0.520. The zero-order valence-electron chi connectivity index (χ0n) is 6.82. The van der Waals surface area contributed by atoms with Crippen molar-refractivity contribution in [3.8, 4) is 0 Å². The van der Waals surface area contributed by atoms with Crippen molar-refractivity contribution in [2.24, 2.45) is 5.73 Å². The molecule has 1 nitrogen and oxygen atoms in total. The minimum atomic E-state index is 0.520. The fraction of sp³-hybridized carbons (Fsp3) is 0.333. The maximum absolute atomic E-state index is 5.92. The summed E-state index contributed by atoms with van der Waals surface area (Å²) in [5.74, 6) is 0. The fourth-order valence-electron chi connectivity index (χ4n) is 1.09. The first-order valence-electron chi connectivity index (χ1n) is 3.61. The van der Waals surface area contributed by atoms with Gasteiger partial charge in [0, 0.05) is 11.6 Å². The van der Waals surface area contributed by atoms with Crippen LogP contribution in [0.5, 0.6) is 0 Å². The molecule has 0 saturated carbocycles. The molecular formula is C9H12ClN. The lowest BCUT2D eigenvalue weighted by Gasteiger charge is -2.07. The Bertz CT molecular complexity index is 269. The molecule has 0 fully saturated rings. The number of benzene rings is 1. The van der Waals surface area contributed by atoms with E-state index in [1.807, 2.05) is 19.1 Å². The highest BCUT2D eigenvalue weighted by atomic mass is 35.5. The molecule has 1 aromatic carbocycles. The molecule has 1 rings (SSSR count). The lowest BCUT2D eigenvalue weighted by atomic mass is 10.0. The molecule has 0 aliphatic rings. The van der Waals surface area contributed by atoms with Gasteiger partial charge in [0.25, 0.3) is 0 Å². The van der Waals surface area contributed by atoms with Gasteiger partial charge in [0.05, 0.1) is 0 Å². The van der Waals surface area contributed by atoms with Crippen LogP contribution in [0.1, 0.15) is 16.7 Å². The number of aryl methyl sites for hydroxylation is 1. The maximum Gasteiger partial charge on any atom is 0.0453 e. The third-order valence-corrected chi connectivity index (χ3v) is 2.37. The van der Waals surface area contributed by atoms with Crippen molar-refractivity contribution in [2.45, 2.75) is 20.4 Å². The SMILES string of the molecule is Cc1ccc(Cl)c(CN)c1C. The average Bonchev–Trinajstić information content (AvgIpc) is 1.99.